The van der Waals surface area contributed by atoms with E-state index < -0.39 is 28.7 Å². The van der Waals surface area contributed by atoms with Gasteiger partial charge >= 0.3 is 18.1 Å². The molecule has 0 radical (unpaired) electrons. The molecule has 1 saturated heterocycles. The number of carbonyl (C=O) groups is 2. The van der Waals surface area contributed by atoms with E-state index in [4.69, 9.17) is 9.47 Å². The summed E-state index contributed by atoms with van der Waals surface area (Å²) in [6.45, 7) is 9.85. The number of carbonyl (C=O) groups excluding carboxylic acids is 2. The number of rotatable bonds is 12. The highest BCUT2D eigenvalue weighted by Crippen LogP contribution is 2.27. The standard InChI is InChI=1S/C23H21F3N2O4.C9H16O2/c1-16(23(24,25)26)22(29)32-21-12-14-27(15-13-21)19-8-4-17(5-9-19)2-3-18-6-10-20(11-7-18)28(30)31;1-3-5-6-7-8-11-9(10)4-2/h2-11,21H,1,12-15H2;4H,2-3,5-8H2,1H3. The number of ether oxygens (including phenoxy) is 2. The van der Waals surface area contributed by atoms with Crippen LogP contribution in [0.3, 0.4) is 0 Å². The molecule has 1 aliphatic rings. The molecule has 1 heterocycles. The molecular formula is C32H37F3N2O6. The average Bonchev–Trinajstić information content (AvgIpc) is 3.00. The Labute approximate surface area is 249 Å². The van der Waals surface area contributed by atoms with E-state index in [1.807, 2.05) is 36.4 Å². The van der Waals surface area contributed by atoms with Crippen LogP contribution in [-0.2, 0) is 19.1 Å². The molecule has 8 nitrogen and oxygen atoms in total. The molecule has 11 heteroatoms. The molecule has 0 aromatic heterocycles. The highest BCUT2D eigenvalue weighted by molar-refractivity contribution is 5.89. The smallest absolute Gasteiger partial charge is 0.422 e. The lowest BCUT2D eigenvalue weighted by Gasteiger charge is -2.33. The fourth-order valence-corrected chi connectivity index (χ4v) is 4.03. The summed E-state index contributed by atoms with van der Waals surface area (Å²) in [6.07, 6.45) is 4.97. The second-order valence-electron chi connectivity index (χ2n) is 9.77. The highest BCUT2D eigenvalue weighted by atomic mass is 19.4. The van der Waals surface area contributed by atoms with Gasteiger partial charge in [-0.25, -0.2) is 9.59 Å². The van der Waals surface area contributed by atoms with Crippen LogP contribution in [-0.4, -0.2) is 48.8 Å². The van der Waals surface area contributed by atoms with Crippen molar-refractivity contribution < 1.29 is 37.2 Å². The van der Waals surface area contributed by atoms with Gasteiger partial charge in [-0.05, 0) is 41.8 Å². The summed E-state index contributed by atoms with van der Waals surface area (Å²) in [6, 6.07) is 14.0. The Hall–Kier alpha value is -4.41. The molecule has 0 spiro atoms. The summed E-state index contributed by atoms with van der Waals surface area (Å²) in [5.74, 6) is -1.73. The number of piperidine rings is 1. The Morgan fingerprint density at radius 3 is 2.05 bits per heavy atom. The number of non-ortho nitro benzene ring substituents is 1. The van der Waals surface area contributed by atoms with Gasteiger partial charge in [0, 0.05) is 49.8 Å². The lowest BCUT2D eigenvalue weighted by atomic mass is 10.1. The monoisotopic (exact) mass is 602 g/mol. The van der Waals surface area contributed by atoms with Gasteiger partial charge in [0.2, 0.25) is 0 Å². The third-order valence-electron chi connectivity index (χ3n) is 6.54. The average molecular weight is 603 g/mol. The number of nitro benzene ring substituents is 1. The van der Waals surface area contributed by atoms with Crippen molar-refractivity contribution in [2.45, 2.75) is 57.7 Å². The Bertz CT molecular complexity index is 1250. The van der Waals surface area contributed by atoms with Crippen molar-refractivity contribution in [3.63, 3.8) is 0 Å². The van der Waals surface area contributed by atoms with Crippen molar-refractivity contribution >= 4 is 35.5 Å². The van der Waals surface area contributed by atoms with Crippen molar-refractivity contribution in [3.05, 3.63) is 94.6 Å². The molecule has 1 fully saturated rings. The van der Waals surface area contributed by atoms with E-state index in [2.05, 4.69) is 25.0 Å². The van der Waals surface area contributed by atoms with E-state index >= 15 is 0 Å². The van der Waals surface area contributed by atoms with E-state index in [9.17, 15) is 32.9 Å². The molecule has 0 amide bonds. The van der Waals surface area contributed by atoms with Crippen molar-refractivity contribution in [2.24, 2.45) is 0 Å². The number of halogens is 3. The molecule has 0 N–H and O–H groups in total. The number of esters is 2. The van der Waals surface area contributed by atoms with E-state index in [0.717, 1.165) is 29.7 Å². The first-order valence-corrected chi connectivity index (χ1v) is 14.0. The van der Waals surface area contributed by atoms with Crippen molar-refractivity contribution in [1.29, 1.82) is 0 Å². The summed E-state index contributed by atoms with van der Waals surface area (Å²) in [5, 5.41) is 10.7. The number of nitrogens with zero attached hydrogens (tertiary/aromatic N) is 2. The van der Waals surface area contributed by atoms with Crippen LogP contribution in [0.5, 0.6) is 0 Å². The number of anilines is 1. The number of benzene rings is 2. The summed E-state index contributed by atoms with van der Waals surface area (Å²) in [5.41, 5.74) is 1.29. The summed E-state index contributed by atoms with van der Waals surface area (Å²) >= 11 is 0. The Balaban J connectivity index is 0.000000499. The van der Waals surface area contributed by atoms with Gasteiger partial charge < -0.3 is 14.4 Å². The van der Waals surface area contributed by atoms with E-state index in [1.54, 1.807) is 12.1 Å². The quantitative estimate of drug-likeness (QED) is 0.0613. The number of nitro groups is 1. The lowest BCUT2D eigenvalue weighted by molar-refractivity contribution is -0.384. The summed E-state index contributed by atoms with van der Waals surface area (Å²) < 4.78 is 47.3. The van der Waals surface area contributed by atoms with Gasteiger partial charge in [-0.2, -0.15) is 13.2 Å². The fourth-order valence-electron chi connectivity index (χ4n) is 4.03. The second-order valence-corrected chi connectivity index (χ2v) is 9.77. The van der Waals surface area contributed by atoms with Crippen LogP contribution in [0.15, 0.2) is 73.3 Å². The molecule has 43 heavy (non-hydrogen) atoms. The molecular weight excluding hydrogens is 565 g/mol. The van der Waals surface area contributed by atoms with E-state index in [0.29, 0.717) is 32.5 Å². The lowest BCUT2D eigenvalue weighted by Crippen LogP contribution is -2.38. The van der Waals surface area contributed by atoms with Crippen LogP contribution >= 0.6 is 0 Å². The minimum Gasteiger partial charge on any atom is -0.463 e. The molecule has 2 aromatic carbocycles. The number of hydrogen-bond acceptors (Lipinski definition) is 7. The first-order chi connectivity index (χ1) is 20.4. The first kappa shape index (κ1) is 34.8. The zero-order valence-corrected chi connectivity index (χ0v) is 24.2. The third-order valence-corrected chi connectivity index (χ3v) is 6.54. The predicted octanol–water partition coefficient (Wildman–Crippen LogP) is 7.69. The Morgan fingerprint density at radius 2 is 1.56 bits per heavy atom. The zero-order valence-electron chi connectivity index (χ0n) is 24.2. The Kier molecular flexibility index (Phi) is 14.2. The molecule has 0 aliphatic carbocycles. The van der Waals surface area contributed by atoms with Crippen molar-refractivity contribution in [3.8, 4) is 0 Å². The van der Waals surface area contributed by atoms with Crippen LogP contribution < -0.4 is 4.90 Å². The van der Waals surface area contributed by atoms with Gasteiger partial charge in [-0.1, -0.05) is 63.6 Å². The van der Waals surface area contributed by atoms with Gasteiger partial charge in [0.15, 0.2) is 0 Å². The van der Waals surface area contributed by atoms with Gasteiger partial charge in [-0.15, -0.1) is 0 Å². The maximum absolute atomic E-state index is 12.5. The number of hydrogen-bond donors (Lipinski definition) is 0. The topological polar surface area (TPSA) is 99.0 Å². The largest absolute Gasteiger partial charge is 0.463 e. The molecule has 2 aromatic rings. The first-order valence-electron chi connectivity index (χ1n) is 14.0. The predicted molar refractivity (Wildman–Crippen MR) is 160 cm³/mol. The molecule has 1 aliphatic heterocycles. The van der Waals surface area contributed by atoms with Crippen molar-refractivity contribution in [2.75, 3.05) is 24.6 Å². The highest BCUT2D eigenvalue weighted by Gasteiger charge is 2.39. The molecule has 3 rings (SSSR count). The molecule has 232 valence electrons. The van der Waals surface area contributed by atoms with E-state index in [1.165, 1.54) is 31.1 Å². The molecule has 0 unspecified atom stereocenters. The van der Waals surface area contributed by atoms with Gasteiger partial charge in [0.1, 0.15) is 11.7 Å². The molecule has 0 saturated carbocycles. The second kappa shape index (κ2) is 17.5. The summed E-state index contributed by atoms with van der Waals surface area (Å²) in [7, 11) is 0. The van der Waals surface area contributed by atoms with E-state index in [-0.39, 0.29) is 11.7 Å². The third kappa shape index (κ3) is 12.6. The fraction of sp³-hybridized carbons (Fsp3) is 0.375. The van der Waals surface area contributed by atoms with Crippen LogP contribution in [0.25, 0.3) is 12.2 Å². The molecule has 0 atom stereocenters. The number of unbranched alkanes of at least 4 members (excludes halogenated alkanes) is 3. The van der Waals surface area contributed by atoms with Gasteiger partial charge in [0.05, 0.1) is 11.5 Å². The maximum Gasteiger partial charge on any atom is 0.422 e. The minimum atomic E-state index is -4.79. The maximum atomic E-state index is 12.5. The normalized spacial score (nSPS) is 13.5. The van der Waals surface area contributed by atoms with Crippen LogP contribution in [0.4, 0.5) is 24.5 Å². The van der Waals surface area contributed by atoms with Crippen LogP contribution in [0.1, 0.15) is 56.6 Å². The van der Waals surface area contributed by atoms with Crippen LogP contribution in [0.2, 0.25) is 0 Å². The number of alkyl halides is 3. The Morgan fingerprint density at radius 1 is 1.00 bits per heavy atom. The van der Waals surface area contributed by atoms with Crippen LogP contribution in [0, 0.1) is 10.1 Å². The SMILES string of the molecule is C=C(C(=O)OC1CCN(c2ccc(C=Cc3ccc([N+](=O)[O-])cc3)cc2)CC1)C(F)(F)F.C=CC(=O)OCCCCCC. The zero-order chi connectivity index (χ0) is 31.8. The van der Waals surface area contributed by atoms with Crippen molar-refractivity contribution in [1.82, 2.24) is 0 Å². The van der Waals surface area contributed by atoms with Gasteiger partial charge in [-0.3, -0.25) is 10.1 Å². The minimum absolute atomic E-state index is 0.0373. The summed E-state index contributed by atoms with van der Waals surface area (Å²) in [4.78, 5) is 34.4. The molecule has 0 bridgehead atoms. The van der Waals surface area contributed by atoms with Gasteiger partial charge in [0.25, 0.3) is 5.69 Å².